The Morgan fingerprint density at radius 2 is 1.29 bits per heavy atom. The van der Waals surface area contributed by atoms with Crippen molar-refractivity contribution in [2.75, 3.05) is 0 Å². The molecule has 0 spiro atoms. The highest BCUT2D eigenvalue weighted by Gasteiger charge is 2.45. The molecule has 1 unspecified atom stereocenters. The lowest BCUT2D eigenvalue weighted by atomic mass is 9.89. The minimum absolute atomic E-state index is 0.179. The second kappa shape index (κ2) is 11.3. The fraction of sp³-hybridized carbons (Fsp3) is 0.152. The van der Waals surface area contributed by atoms with E-state index in [1.165, 1.54) is 0 Å². The molecular formula is C33H28O5. The van der Waals surface area contributed by atoms with Crippen LogP contribution in [0, 0.1) is 5.92 Å². The van der Waals surface area contributed by atoms with E-state index in [0.29, 0.717) is 17.6 Å². The minimum atomic E-state index is -0.875. The van der Waals surface area contributed by atoms with Gasteiger partial charge in [-0.2, -0.15) is 0 Å². The van der Waals surface area contributed by atoms with Gasteiger partial charge in [0.05, 0.1) is 17.6 Å². The van der Waals surface area contributed by atoms with Crippen molar-refractivity contribution in [3.05, 3.63) is 132 Å². The predicted molar refractivity (Wildman–Crippen MR) is 146 cm³/mol. The lowest BCUT2D eigenvalue weighted by molar-refractivity contribution is -0.137. The number of carbonyl (C=O) groups is 2. The van der Waals surface area contributed by atoms with Gasteiger partial charge in [0.15, 0.2) is 0 Å². The normalized spacial score (nSPS) is 19.5. The van der Waals surface area contributed by atoms with E-state index in [-0.39, 0.29) is 6.42 Å². The van der Waals surface area contributed by atoms with Gasteiger partial charge < -0.3 is 14.6 Å². The molecule has 5 rings (SSSR count). The van der Waals surface area contributed by atoms with Crippen molar-refractivity contribution in [2.45, 2.75) is 24.7 Å². The maximum absolute atomic E-state index is 13.1. The zero-order valence-electron chi connectivity index (χ0n) is 20.8. The van der Waals surface area contributed by atoms with Crippen LogP contribution >= 0.6 is 0 Å². The topological polar surface area (TPSA) is 72.8 Å². The molecule has 0 radical (unpaired) electrons. The molecule has 0 bridgehead atoms. The second-order valence-corrected chi connectivity index (χ2v) is 9.38. The molecule has 1 N–H and O–H groups in total. The molecule has 38 heavy (non-hydrogen) atoms. The van der Waals surface area contributed by atoms with Gasteiger partial charge in [0, 0.05) is 6.42 Å². The third-order valence-corrected chi connectivity index (χ3v) is 7.07. The maximum Gasteiger partial charge on any atom is 0.338 e. The maximum atomic E-state index is 13.1. The Kier molecular flexibility index (Phi) is 7.47. The van der Waals surface area contributed by atoms with E-state index in [2.05, 4.69) is 6.58 Å². The number of aliphatic hydroxyl groups excluding tert-OH is 1. The highest BCUT2D eigenvalue weighted by molar-refractivity contribution is 5.90. The van der Waals surface area contributed by atoms with Gasteiger partial charge in [-0.3, -0.25) is 4.79 Å². The van der Waals surface area contributed by atoms with E-state index in [1.807, 2.05) is 97.1 Å². The van der Waals surface area contributed by atoms with Crippen molar-refractivity contribution in [1.82, 2.24) is 0 Å². The van der Waals surface area contributed by atoms with Crippen molar-refractivity contribution < 1.29 is 24.2 Å². The van der Waals surface area contributed by atoms with E-state index >= 15 is 0 Å². The standard InChI is InChI=1S/C33H28O5/c1-22-29(35)20-30(38-33(36)28-18-14-26(15-19-28)24-10-6-3-7-11-24)31(22)32(37-21-34)27-16-12-25(13-17-27)23-8-4-2-5-9-23/h2-19,21,29-32,35H,1,20H2/t29-,30+,31-,32?/m1/s1. The van der Waals surface area contributed by atoms with E-state index in [9.17, 15) is 14.7 Å². The molecule has 0 amide bonds. The van der Waals surface area contributed by atoms with Crippen LogP contribution in [0.4, 0.5) is 0 Å². The first-order valence-electron chi connectivity index (χ1n) is 12.5. The van der Waals surface area contributed by atoms with E-state index in [0.717, 1.165) is 27.8 Å². The predicted octanol–water partition coefficient (Wildman–Crippen LogP) is 6.40. The van der Waals surface area contributed by atoms with Gasteiger partial charge in [-0.15, -0.1) is 0 Å². The molecule has 1 saturated carbocycles. The van der Waals surface area contributed by atoms with Crippen LogP contribution in [0.5, 0.6) is 0 Å². The third kappa shape index (κ3) is 5.29. The number of rotatable bonds is 8. The van der Waals surface area contributed by atoms with Gasteiger partial charge >= 0.3 is 5.97 Å². The average molecular weight is 505 g/mol. The molecule has 190 valence electrons. The first kappa shape index (κ1) is 25.2. The molecule has 4 atom stereocenters. The van der Waals surface area contributed by atoms with Gasteiger partial charge in [0.1, 0.15) is 12.2 Å². The minimum Gasteiger partial charge on any atom is -0.459 e. The number of carbonyl (C=O) groups excluding carboxylic acids is 2. The molecule has 1 fully saturated rings. The zero-order valence-corrected chi connectivity index (χ0v) is 20.8. The number of benzene rings is 4. The smallest absolute Gasteiger partial charge is 0.338 e. The van der Waals surface area contributed by atoms with E-state index < -0.39 is 30.2 Å². The van der Waals surface area contributed by atoms with Gasteiger partial charge in [0.2, 0.25) is 0 Å². The van der Waals surface area contributed by atoms with Crippen LogP contribution in [0.3, 0.4) is 0 Å². The van der Waals surface area contributed by atoms with Crippen LogP contribution in [0.2, 0.25) is 0 Å². The summed E-state index contributed by atoms with van der Waals surface area (Å²) in [5.74, 6) is -1.10. The van der Waals surface area contributed by atoms with Crippen LogP contribution in [0.25, 0.3) is 22.3 Å². The molecule has 0 aliphatic heterocycles. The Morgan fingerprint density at radius 1 is 0.789 bits per heavy atom. The Labute approximate surface area is 222 Å². The summed E-state index contributed by atoms with van der Waals surface area (Å²) in [6.45, 7) is 4.43. The molecule has 0 aromatic heterocycles. The van der Waals surface area contributed by atoms with Gasteiger partial charge in [-0.05, 0) is 45.5 Å². The molecule has 1 aliphatic carbocycles. The van der Waals surface area contributed by atoms with Crippen LogP contribution < -0.4 is 0 Å². The molecule has 0 heterocycles. The fourth-order valence-electron chi connectivity index (χ4n) is 5.05. The summed E-state index contributed by atoms with van der Waals surface area (Å²) < 4.78 is 11.4. The monoisotopic (exact) mass is 504 g/mol. The molecule has 5 heteroatoms. The number of aliphatic hydroxyl groups is 1. The van der Waals surface area contributed by atoms with Crippen molar-refractivity contribution in [3.63, 3.8) is 0 Å². The SMILES string of the molecule is C=C1[C@H](O)C[C@H](OC(=O)c2ccc(-c3ccccc3)cc2)[C@@H]1C(OC=O)c1ccc(-c2ccccc2)cc1. The summed E-state index contributed by atoms with van der Waals surface area (Å²) in [5.41, 5.74) is 5.73. The van der Waals surface area contributed by atoms with Crippen LogP contribution in [0.15, 0.2) is 121 Å². The summed E-state index contributed by atoms with van der Waals surface area (Å²) in [6, 6.07) is 34.7. The molecule has 4 aromatic rings. The Hall–Kier alpha value is -4.48. The third-order valence-electron chi connectivity index (χ3n) is 7.07. The molecular weight excluding hydrogens is 476 g/mol. The highest BCUT2D eigenvalue weighted by atomic mass is 16.6. The Bertz CT molecular complexity index is 1400. The number of esters is 1. The first-order chi connectivity index (χ1) is 18.5. The number of ether oxygens (including phenoxy) is 2. The molecule has 4 aromatic carbocycles. The summed E-state index contributed by atoms with van der Waals surface area (Å²) in [5, 5.41) is 10.6. The van der Waals surface area contributed by atoms with E-state index in [1.54, 1.807) is 12.1 Å². The average Bonchev–Trinajstić information content (AvgIpc) is 3.24. The van der Waals surface area contributed by atoms with Crippen LogP contribution in [-0.2, 0) is 14.3 Å². The largest absolute Gasteiger partial charge is 0.459 e. The molecule has 5 nitrogen and oxygen atoms in total. The van der Waals surface area contributed by atoms with Crippen molar-refractivity contribution in [2.24, 2.45) is 5.92 Å². The van der Waals surface area contributed by atoms with Gasteiger partial charge in [-0.1, -0.05) is 104 Å². The summed E-state index contributed by atoms with van der Waals surface area (Å²) in [4.78, 5) is 24.6. The highest BCUT2D eigenvalue weighted by Crippen LogP contribution is 2.43. The lowest BCUT2D eigenvalue weighted by Gasteiger charge is -2.28. The second-order valence-electron chi connectivity index (χ2n) is 9.38. The van der Waals surface area contributed by atoms with Crippen LogP contribution in [-0.4, -0.2) is 29.8 Å². The quantitative estimate of drug-likeness (QED) is 0.171. The Morgan fingerprint density at radius 3 is 1.82 bits per heavy atom. The summed E-state index contributed by atoms with van der Waals surface area (Å²) in [7, 11) is 0. The molecule has 0 saturated heterocycles. The Balaban J connectivity index is 1.36. The van der Waals surface area contributed by atoms with Crippen LogP contribution in [0.1, 0.15) is 28.4 Å². The number of hydrogen-bond acceptors (Lipinski definition) is 5. The van der Waals surface area contributed by atoms with Gasteiger partial charge in [-0.25, -0.2) is 4.79 Å². The van der Waals surface area contributed by atoms with Gasteiger partial charge in [0.25, 0.3) is 6.47 Å². The summed E-state index contributed by atoms with van der Waals surface area (Å²) >= 11 is 0. The lowest BCUT2D eigenvalue weighted by Crippen LogP contribution is -2.29. The van der Waals surface area contributed by atoms with Crippen molar-refractivity contribution >= 4 is 12.4 Å². The zero-order chi connectivity index (χ0) is 26.5. The summed E-state index contributed by atoms with van der Waals surface area (Å²) in [6.07, 6.45) is -2.17. The van der Waals surface area contributed by atoms with Crippen molar-refractivity contribution in [1.29, 1.82) is 0 Å². The first-order valence-corrected chi connectivity index (χ1v) is 12.5. The van der Waals surface area contributed by atoms with E-state index in [4.69, 9.17) is 9.47 Å². The fourth-order valence-corrected chi connectivity index (χ4v) is 5.05. The number of hydrogen-bond donors (Lipinski definition) is 1. The molecule has 1 aliphatic rings. The van der Waals surface area contributed by atoms with Crippen molar-refractivity contribution in [3.8, 4) is 22.3 Å².